The molecule has 0 aromatic heterocycles. The van der Waals surface area contributed by atoms with E-state index in [0.717, 1.165) is 16.1 Å². The highest BCUT2D eigenvalue weighted by Crippen LogP contribution is 2.27. The molecule has 10 heteroatoms. The van der Waals surface area contributed by atoms with E-state index in [-0.39, 0.29) is 18.9 Å². The first-order valence-electron chi connectivity index (χ1n) is 11.5. The summed E-state index contributed by atoms with van der Waals surface area (Å²) in [6.07, 6.45) is 1.25. The first-order valence-corrected chi connectivity index (χ1v) is 14.1. The van der Waals surface area contributed by atoms with Crippen LogP contribution in [0.15, 0.2) is 72.8 Å². The van der Waals surface area contributed by atoms with Gasteiger partial charge in [0.15, 0.2) is 0 Å². The number of hydrogen-bond acceptors (Lipinski definition) is 4. The first-order chi connectivity index (χ1) is 17.5. The van der Waals surface area contributed by atoms with E-state index in [1.54, 1.807) is 43.3 Å². The van der Waals surface area contributed by atoms with Crippen molar-refractivity contribution in [3.63, 3.8) is 0 Å². The average Bonchev–Trinajstić information content (AvgIpc) is 2.86. The minimum Gasteiger partial charge on any atom is -0.357 e. The van der Waals surface area contributed by atoms with Gasteiger partial charge in [-0.3, -0.25) is 13.9 Å². The van der Waals surface area contributed by atoms with Gasteiger partial charge < -0.3 is 10.2 Å². The Balaban J connectivity index is 2.07. The number of sulfonamides is 1. The number of carbonyl (C=O) groups excluding carboxylic acids is 2. The molecule has 1 atom stereocenters. The van der Waals surface area contributed by atoms with Crippen LogP contribution in [0.5, 0.6) is 0 Å². The maximum atomic E-state index is 13.9. The normalized spacial score (nSPS) is 12.0. The molecule has 0 fully saturated rings. The quantitative estimate of drug-likeness (QED) is 0.396. The van der Waals surface area contributed by atoms with Gasteiger partial charge in [-0.05, 0) is 41.8 Å². The van der Waals surface area contributed by atoms with Crippen molar-refractivity contribution in [1.29, 1.82) is 0 Å². The highest BCUT2D eigenvalue weighted by Gasteiger charge is 2.33. The Bertz CT molecular complexity index is 1370. The minimum atomic E-state index is -3.88. The van der Waals surface area contributed by atoms with Crippen LogP contribution in [-0.4, -0.2) is 51.0 Å². The molecule has 2 amide bonds. The molecule has 0 saturated carbocycles. The summed E-state index contributed by atoms with van der Waals surface area (Å²) < 4.78 is 26.7. The van der Waals surface area contributed by atoms with Gasteiger partial charge in [0.1, 0.15) is 12.6 Å². The third-order valence-corrected chi connectivity index (χ3v) is 7.67. The van der Waals surface area contributed by atoms with Gasteiger partial charge in [-0.25, -0.2) is 8.42 Å². The Morgan fingerprint density at radius 1 is 0.973 bits per heavy atom. The summed E-state index contributed by atoms with van der Waals surface area (Å²) in [5.41, 5.74) is 2.40. The van der Waals surface area contributed by atoms with Gasteiger partial charge in [-0.2, -0.15) is 0 Å². The lowest BCUT2D eigenvalue weighted by atomic mass is 10.0. The molecule has 0 saturated heterocycles. The number of anilines is 1. The van der Waals surface area contributed by atoms with Crippen molar-refractivity contribution < 1.29 is 18.0 Å². The molecule has 0 radical (unpaired) electrons. The second kappa shape index (κ2) is 12.4. The smallest absolute Gasteiger partial charge is 0.244 e. The summed E-state index contributed by atoms with van der Waals surface area (Å²) >= 11 is 12.6. The van der Waals surface area contributed by atoms with Crippen LogP contribution in [0, 0.1) is 6.92 Å². The number of rotatable bonds is 10. The fourth-order valence-electron chi connectivity index (χ4n) is 3.98. The SMILES string of the molecule is CNC(=O)[C@H](Cc1ccccc1)N(Cc1ccccc1Cl)C(=O)CN(c1cc(Cl)ccc1C)S(C)(=O)=O. The summed E-state index contributed by atoms with van der Waals surface area (Å²) in [5, 5.41) is 3.40. The Morgan fingerprint density at radius 3 is 2.24 bits per heavy atom. The van der Waals surface area contributed by atoms with Crippen LogP contribution in [0.4, 0.5) is 5.69 Å². The van der Waals surface area contributed by atoms with Gasteiger partial charge in [0, 0.05) is 30.1 Å². The maximum Gasteiger partial charge on any atom is 0.244 e. The number of benzene rings is 3. The number of amides is 2. The fourth-order valence-corrected chi connectivity index (χ4v) is 5.24. The number of carbonyl (C=O) groups is 2. The van der Waals surface area contributed by atoms with E-state index in [4.69, 9.17) is 23.2 Å². The lowest BCUT2D eigenvalue weighted by molar-refractivity contribution is -0.139. The number of nitrogens with one attached hydrogen (secondary N) is 1. The highest BCUT2D eigenvalue weighted by atomic mass is 35.5. The molecule has 0 heterocycles. The maximum absolute atomic E-state index is 13.9. The molecule has 0 bridgehead atoms. The second-order valence-corrected chi connectivity index (χ2v) is 11.4. The van der Waals surface area contributed by atoms with Crippen LogP contribution in [-0.2, 0) is 32.6 Å². The number of likely N-dealkylation sites (N-methyl/N-ethyl adjacent to an activating group) is 1. The van der Waals surface area contributed by atoms with E-state index in [1.807, 2.05) is 30.3 Å². The summed E-state index contributed by atoms with van der Waals surface area (Å²) in [5.74, 6) is -0.941. The molecule has 0 aliphatic heterocycles. The Labute approximate surface area is 228 Å². The van der Waals surface area contributed by atoms with Crippen molar-refractivity contribution in [2.75, 3.05) is 24.2 Å². The first kappa shape index (κ1) is 28.5. The highest BCUT2D eigenvalue weighted by molar-refractivity contribution is 7.92. The molecule has 3 rings (SSSR count). The van der Waals surface area contributed by atoms with E-state index in [1.165, 1.54) is 18.0 Å². The standard InChI is InChI=1S/C27H29Cl2N3O4S/c1-19-13-14-22(28)16-24(19)32(37(3,35)36)18-26(33)31(17-21-11-7-8-12-23(21)29)25(27(34)30-2)15-20-9-5-4-6-10-20/h4-14,16,25H,15,17-18H2,1-3H3,(H,30,34)/t25-/m0/s1. The van der Waals surface area contributed by atoms with Crippen molar-refractivity contribution in [2.24, 2.45) is 0 Å². The molecule has 7 nitrogen and oxygen atoms in total. The molecule has 3 aromatic carbocycles. The molecular weight excluding hydrogens is 533 g/mol. The van der Waals surface area contributed by atoms with Crippen molar-refractivity contribution >= 4 is 50.7 Å². The molecule has 1 N–H and O–H groups in total. The van der Waals surface area contributed by atoms with Crippen LogP contribution in [0.2, 0.25) is 10.0 Å². The summed E-state index contributed by atoms with van der Waals surface area (Å²) in [6, 6.07) is 20.2. The molecule has 37 heavy (non-hydrogen) atoms. The van der Waals surface area contributed by atoms with E-state index < -0.39 is 28.5 Å². The molecular formula is C27H29Cl2N3O4S. The minimum absolute atomic E-state index is 0.00948. The largest absolute Gasteiger partial charge is 0.357 e. The Kier molecular flexibility index (Phi) is 9.59. The zero-order valence-electron chi connectivity index (χ0n) is 20.8. The monoisotopic (exact) mass is 561 g/mol. The zero-order valence-corrected chi connectivity index (χ0v) is 23.1. The summed E-state index contributed by atoms with van der Waals surface area (Å²) in [6.45, 7) is 1.22. The van der Waals surface area contributed by atoms with Gasteiger partial charge in [0.25, 0.3) is 0 Å². The summed E-state index contributed by atoms with van der Waals surface area (Å²) in [4.78, 5) is 28.4. The second-order valence-electron chi connectivity index (χ2n) is 8.63. The van der Waals surface area contributed by atoms with Crippen LogP contribution < -0.4 is 9.62 Å². The molecule has 0 aliphatic carbocycles. The average molecular weight is 563 g/mol. The molecule has 196 valence electrons. The number of aryl methyl sites for hydroxylation is 1. The fraction of sp³-hybridized carbons (Fsp3) is 0.259. The van der Waals surface area contributed by atoms with Crippen molar-refractivity contribution in [1.82, 2.24) is 10.2 Å². The topological polar surface area (TPSA) is 86.8 Å². The van der Waals surface area contributed by atoms with Gasteiger partial charge >= 0.3 is 0 Å². The van der Waals surface area contributed by atoms with Crippen molar-refractivity contribution in [3.8, 4) is 0 Å². The van der Waals surface area contributed by atoms with Crippen molar-refractivity contribution in [2.45, 2.75) is 25.9 Å². The number of hydrogen-bond donors (Lipinski definition) is 1. The van der Waals surface area contributed by atoms with Gasteiger partial charge in [-0.1, -0.05) is 77.8 Å². The van der Waals surface area contributed by atoms with Gasteiger partial charge in [0.05, 0.1) is 11.9 Å². The van der Waals surface area contributed by atoms with E-state index in [0.29, 0.717) is 26.9 Å². The van der Waals surface area contributed by atoms with Gasteiger partial charge in [0.2, 0.25) is 21.8 Å². The molecule has 3 aromatic rings. The van der Waals surface area contributed by atoms with E-state index >= 15 is 0 Å². The molecule has 0 unspecified atom stereocenters. The van der Waals surface area contributed by atoms with Crippen molar-refractivity contribution in [3.05, 3.63) is 99.5 Å². The predicted molar refractivity (Wildman–Crippen MR) is 148 cm³/mol. The number of halogens is 2. The van der Waals surface area contributed by atoms with E-state index in [9.17, 15) is 18.0 Å². The van der Waals surface area contributed by atoms with Crippen LogP contribution in [0.25, 0.3) is 0 Å². The van der Waals surface area contributed by atoms with Crippen LogP contribution in [0.3, 0.4) is 0 Å². The van der Waals surface area contributed by atoms with Gasteiger partial charge in [-0.15, -0.1) is 0 Å². The Hall–Kier alpha value is -3.07. The third kappa shape index (κ3) is 7.47. The zero-order chi connectivity index (χ0) is 27.2. The molecule has 0 spiro atoms. The van der Waals surface area contributed by atoms with E-state index in [2.05, 4.69) is 5.32 Å². The summed E-state index contributed by atoms with van der Waals surface area (Å²) in [7, 11) is -2.38. The lowest BCUT2D eigenvalue weighted by Crippen LogP contribution is -2.53. The predicted octanol–water partition coefficient (Wildman–Crippen LogP) is 4.45. The molecule has 0 aliphatic rings. The van der Waals surface area contributed by atoms with Crippen LogP contribution >= 0.6 is 23.2 Å². The number of nitrogens with zero attached hydrogens (tertiary/aromatic N) is 2. The van der Waals surface area contributed by atoms with Crippen LogP contribution in [0.1, 0.15) is 16.7 Å². The third-order valence-electron chi connectivity index (χ3n) is 5.94. The Morgan fingerprint density at radius 2 is 1.62 bits per heavy atom. The lowest BCUT2D eigenvalue weighted by Gasteiger charge is -2.33.